The van der Waals surface area contributed by atoms with Crippen molar-refractivity contribution in [2.75, 3.05) is 19.7 Å². The Kier molecular flexibility index (Phi) is 4.72. The van der Waals surface area contributed by atoms with Crippen LogP contribution in [0.3, 0.4) is 0 Å². The molecule has 0 amide bonds. The fourth-order valence-corrected chi connectivity index (χ4v) is 3.44. The molecular formula is C19H25N3O3. The molecule has 0 radical (unpaired) electrons. The zero-order valence-electron chi connectivity index (χ0n) is 14.6. The first-order valence-corrected chi connectivity index (χ1v) is 9.15. The van der Waals surface area contributed by atoms with Crippen molar-refractivity contribution in [2.45, 2.75) is 50.7 Å². The lowest BCUT2D eigenvalue weighted by Crippen LogP contribution is -2.35. The third-order valence-electron chi connectivity index (χ3n) is 5.02. The number of likely N-dealkylation sites (tertiary alicyclic amines) is 1. The monoisotopic (exact) mass is 343 g/mol. The van der Waals surface area contributed by atoms with Gasteiger partial charge < -0.3 is 14.4 Å². The number of benzene rings is 1. The first-order valence-electron chi connectivity index (χ1n) is 9.15. The molecule has 1 N–H and O–H groups in total. The number of para-hydroxylation sites is 1. The highest BCUT2D eigenvalue weighted by Gasteiger charge is 2.34. The third kappa shape index (κ3) is 3.85. The van der Waals surface area contributed by atoms with E-state index >= 15 is 0 Å². The molecule has 1 aliphatic carbocycles. The van der Waals surface area contributed by atoms with Crippen LogP contribution >= 0.6 is 0 Å². The van der Waals surface area contributed by atoms with Gasteiger partial charge in [0.05, 0.1) is 6.04 Å². The second kappa shape index (κ2) is 7.14. The minimum Gasteiger partial charge on any atom is -0.491 e. The van der Waals surface area contributed by atoms with Crippen LogP contribution in [-0.4, -0.2) is 45.9 Å². The Labute approximate surface area is 147 Å². The predicted octanol–water partition coefficient (Wildman–Crippen LogP) is 2.83. The van der Waals surface area contributed by atoms with Crippen LogP contribution in [0.25, 0.3) is 0 Å². The largest absolute Gasteiger partial charge is 0.491 e. The molecule has 134 valence electrons. The molecule has 2 atom stereocenters. The van der Waals surface area contributed by atoms with Crippen molar-refractivity contribution in [3.8, 4) is 5.75 Å². The first-order chi connectivity index (χ1) is 12.2. The molecule has 0 spiro atoms. The average Bonchev–Trinajstić information content (AvgIpc) is 3.16. The Hall–Kier alpha value is -1.92. The smallest absolute Gasteiger partial charge is 0.229 e. The molecule has 6 heteroatoms. The number of nitrogens with zero attached hydrogens (tertiary/aromatic N) is 3. The summed E-state index contributed by atoms with van der Waals surface area (Å²) in [6, 6.07) is 8.00. The van der Waals surface area contributed by atoms with Gasteiger partial charge >= 0.3 is 0 Å². The van der Waals surface area contributed by atoms with E-state index in [1.807, 2.05) is 31.2 Å². The number of hydrogen-bond donors (Lipinski definition) is 1. The molecule has 2 heterocycles. The van der Waals surface area contributed by atoms with E-state index < -0.39 is 6.10 Å². The van der Waals surface area contributed by atoms with E-state index in [0.717, 1.165) is 55.3 Å². The SMILES string of the molecule is Cc1ccccc1OC[C@H](O)CN1CCC[C@H]1c1noc(C2CC2)n1. The zero-order valence-corrected chi connectivity index (χ0v) is 14.6. The summed E-state index contributed by atoms with van der Waals surface area (Å²) in [6.45, 7) is 3.79. The van der Waals surface area contributed by atoms with Gasteiger partial charge in [0.25, 0.3) is 0 Å². The van der Waals surface area contributed by atoms with Crippen LogP contribution in [0.1, 0.15) is 54.9 Å². The standard InChI is InChI=1S/C19H25N3O3/c1-13-5-2-3-7-17(13)24-12-15(23)11-22-10-4-6-16(22)18-20-19(25-21-18)14-8-9-14/h2-3,5,7,14-16,23H,4,6,8-12H2,1H3/t15-,16+/m1/s1. The second-order valence-electron chi connectivity index (χ2n) is 7.15. The minimum absolute atomic E-state index is 0.143. The third-order valence-corrected chi connectivity index (χ3v) is 5.02. The summed E-state index contributed by atoms with van der Waals surface area (Å²) in [5.74, 6) is 2.85. The van der Waals surface area contributed by atoms with Gasteiger partial charge in [-0.05, 0) is 50.8 Å². The van der Waals surface area contributed by atoms with Crippen LogP contribution < -0.4 is 4.74 Å². The molecule has 1 saturated heterocycles. The lowest BCUT2D eigenvalue weighted by atomic mass is 10.2. The van der Waals surface area contributed by atoms with Crippen molar-refractivity contribution >= 4 is 0 Å². The van der Waals surface area contributed by atoms with Crippen LogP contribution in [0.5, 0.6) is 5.75 Å². The molecule has 1 aromatic heterocycles. The maximum atomic E-state index is 10.4. The van der Waals surface area contributed by atoms with Crippen molar-refractivity contribution in [3.63, 3.8) is 0 Å². The van der Waals surface area contributed by atoms with Gasteiger partial charge in [-0.25, -0.2) is 0 Å². The van der Waals surface area contributed by atoms with Crippen LogP contribution in [0.15, 0.2) is 28.8 Å². The van der Waals surface area contributed by atoms with E-state index in [1.54, 1.807) is 0 Å². The molecule has 0 unspecified atom stereocenters. The van der Waals surface area contributed by atoms with Crippen LogP contribution in [0.4, 0.5) is 0 Å². The molecule has 0 bridgehead atoms. The Morgan fingerprint density at radius 3 is 2.96 bits per heavy atom. The fraction of sp³-hybridized carbons (Fsp3) is 0.579. The Morgan fingerprint density at radius 1 is 1.32 bits per heavy atom. The number of ether oxygens (including phenoxy) is 1. The highest BCUT2D eigenvalue weighted by Crippen LogP contribution is 2.40. The molecule has 2 fully saturated rings. The summed E-state index contributed by atoms with van der Waals surface area (Å²) in [4.78, 5) is 6.83. The van der Waals surface area contributed by atoms with Gasteiger partial charge in [-0.15, -0.1) is 0 Å². The van der Waals surface area contributed by atoms with Crippen molar-refractivity contribution in [2.24, 2.45) is 0 Å². The molecule has 2 aromatic rings. The van der Waals surface area contributed by atoms with Gasteiger partial charge in [0, 0.05) is 12.5 Å². The molecule has 1 aromatic carbocycles. The van der Waals surface area contributed by atoms with Gasteiger partial charge in [-0.3, -0.25) is 4.90 Å². The number of β-amino-alcohol motifs (C(OH)–C–C–N with tert-alkyl or cyclic N) is 1. The van der Waals surface area contributed by atoms with Crippen molar-refractivity contribution in [3.05, 3.63) is 41.5 Å². The van der Waals surface area contributed by atoms with Crippen LogP contribution in [0.2, 0.25) is 0 Å². The molecule has 4 rings (SSSR count). The highest BCUT2D eigenvalue weighted by atomic mass is 16.5. The summed E-state index contributed by atoms with van der Waals surface area (Å²) < 4.78 is 11.2. The molecule has 25 heavy (non-hydrogen) atoms. The summed E-state index contributed by atoms with van der Waals surface area (Å²) >= 11 is 0. The number of aliphatic hydroxyl groups is 1. The summed E-state index contributed by atoms with van der Waals surface area (Å²) in [5, 5.41) is 14.6. The lowest BCUT2D eigenvalue weighted by molar-refractivity contribution is 0.0621. The average molecular weight is 343 g/mol. The molecule has 6 nitrogen and oxygen atoms in total. The Bertz CT molecular complexity index is 713. The van der Waals surface area contributed by atoms with Gasteiger partial charge in [-0.1, -0.05) is 23.4 Å². The van der Waals surface area contributed by atoms with Gasteiger partial charge in [-0.2, -0.15) is 4.98 Å². The second-order valence-corrected chi connectivity index (χ2v) is 7.15. The van der Waals surface area contributed by atoms with E-state index in [1.165, 1.54) is 0 Å². The maximum absolute atomic E-state index is 10.4. The molecular weight excluding hydrogens is 318 g/mol. The zero-order chi connectivity index (χ0) is 17.2. The molecule has 2 aliphatic rings. The summed E-state index contributed by atoms with van der Waals surface area (Å²) in [6.07, 6.45) is 3.86. The van der Waals surface area contributed by atoms with Crippen molar-refractivity contribution in [1.29, 1.82) is 0 Å². The number of aliphatic hydroxyl groups excluding tert-OH is 1. The quantitative estimate of drug-likeness (QED) is 0.833. The highest BCUT2D eigenvalue weighted by molar-refractivity contribution is 5.31. The van der Waals surface area contributed by atoms with E-state index in [2.05, 4.69) is 15.0 Å². The number of aryl methyl sites for hydroxylation is 1. The number of aromatic nitrogens is 2. The van der Waals surface area contributed by atoms with E-state index in [0.29, 0.717) is 12.5 Å². The summed E-state index contributed by atoms with van der Waals surface area (Å²) in [7, 11) is 0. The Morgan fingerprint density at radius 2 is 2.16 bits per heavy atom. The van der Waals surface area contributed by atoms with Gasteiger partial charge in [0.2, 0.25) is 5.89 Å². The molecule has 1 saturated carbocycles. The normalized spacial score (nSPS) is 22.2. The van der Waals surface area contributed by atoms with E-state index in [9.17, 15) is 5.11 Å². The van der Waals surface area contributed by atoms with Gasteiger partial charge in [0.15, 0.2) is 5.82 Å². The summed E-state index contributed by atoms with van der Waals surface area (Å²) in [5.41, 5.74) is 1.08. The van der Waals surface area contributed by atoms with Crippen LogP contribution in [0, 0.1) is 6.92 Å². The van der Waals surface area contributed by atoms with Crippen molar-refractivity contribution in [1.82, 2.24) is 15.0 Å². The van der Waals surface area contributed by atoms with E-state index in [4.69, 9.17) is 9.26 Å². The maximum Gasteiger partial charge on any atom is 0.229 e. The topological polar surface area (TPSA) is 71.6 Å². The fourth-order valence-electron chi connectivity index (χ4n) is 3.44. The van der Waals surface area contributed by atoms with Crippen molar-refractivity contribution < 1.29 is 14.4 Å². The minimum atomic E-state index is -0.546. The Balaban J connectivity index is 1.33. The first kappa shape index (κ1) is 16.5. The molecule has 1 aliphatic heterocycles. The number of rotatable bonds is 7. The predicted molar refractivity (Wildman–Crippen MR) is 92.5 cm³/mol. The van der Waals surface area contributed by atoms with Gasteiger partial charge in [0.1, 0.15) is 18.5 Å². The lowest BCUT2D eigenvalue weighted by Gasteiger charge is -2.24. The van der Waals surface area contributed by atoms with E-state index in [-0.39, 0.29) is 12.6 Å². The number of hydrogen-bond acceptors (Lipinski definition) is 6. The van der Waals surface area contributed by atoms with Crippen LogP contribution in [-0.2, 0) is 0 Å².